The van der Waals surface area contributed by atoms with Gasteiger partial charge in [-0.05, 0) is 35.7 Å². The van der Waals surface area contributed by atoms with Gasteiger partial charge in [0.15, 0.2) is 11.5 Å². The third kappa shape index (κ3) is 4.12. The lowest BCUT2D eigenvalue weighted by Crippen LogP contribution is -2.31. The van der Waals surface area contributed by atoms with Crippen LogP contribution in [0.5, 0.6) is 11.5 Å². The van der Waals surface area contributed by atoms with E-state index in [9.17, 15) is 4.79 Å². The molecule has 170 valence electrons. The van der Waals surface area contributed by atoms with Gasteiger partial charge in [-0.1, -0.05) is 54.2 Å². The number of carbonyl (C=O) groups excluding carboxylic acids is 1. The van der Waals surface area contributed by atoms with Crippen LogP contribution in [0, 0.1) is 0 Å². The van der Waals surface area contributed by atoms with Gasteiger partial charge < -0.3 is 19.7 Å². The first-order chi connectivity index (χ1) is 16.7. The molecule has 0 spiro atoms. The van der Waals surface area contributed by atoms with Crippen LogP contribution in [0.4, 0.5) is 11.6 Å². The highest BCUT2D eigenvalue weighted by molar-refractivity contribution is 8.00. The summed E-state index contributed by atoms with van der Waals surface area (Å²) >= 11 is 1.42. The number of nitrogens with one attached hydrogen (secondary N) is 1. The number of carbonyl (C=O) groups is 1. The van der Waals surface area contributed by atoms with Crippen LogP contribution in [0.2, 0.25) is 0 Å². The third-order valence-electron chi connectivity index (χ3n) is 5.97. The highest BCUT2D eigenvalue weighted by atomic mass is 32.2. The van der Waals surface area contributed by atoms with E-state index in [0.717, 1.165) is 35.4 Å². The molecule has 1 N–H and O–H groups in total. The van der Waals surface area contributed by atoms with Gasteiger partial charge in [0.2, 0.25) is 18.6 Å². The number of thioether (sulfide) groups is 1. The van der Waals surface area contributed by atoms with Crippen molar-refractivity contribution in [3.63, 3.8) is 0 Å². The van der Waals surface area contributed by atoms with Crippen molar-refractivity contribution in [2.45, 2.75) is 18.0 Å². The zero-order chi connectivity index (χ0) is 22.9. The third-order valence-corrected chi connectivity index (χ3v) is 6.96. The fourth-order valence-electron chi connectivity index (χ4n) is 4.26. The number of fused-ring (bicyclic) bond motifs is 3. The standard InChI is InChI=1S/C26H22N4O3S/c31-24(27-19-9-10-22-23(13-19)33-16-32-22)15-34-25-20-7-3-4-8-21(20)28-26(29-25)30-12-11-17-5-1-2-6-18(17)14-30/h1-10,13H,11-12,14-16H2,(H,27,31). The molecule has 3 heterocycles. The molecule has 4 aromatic rings. The average molecular weight is 471 g/mol. The second-order valence-electron chi connectivity index (χ2n) is 8.19. The topological polar surface area (TPSA) is 76.6 Å². The Kier molecular flexibility index (Phi) is 5.43. The van der Waals surface area contributed by atoms with Crippen LogP contribution in [0.15, 0.2) is 71.8 Å². The van der Waals surface area contributed by atoms with Crippen molar-refractivity contribution in [1.29, 1.82) is 0 Å². The van der Waals surface area contributed by atoms with Gasteiger partial charge >= 0.3 is 0 Å². The second kappa shape index (κ2) is 8.87. The van der Waals surface area contributed by atoms with Crippen LogP contribution in [0.1, 0.15) is 11.1 Å². The SMILES string of the molecule is O=C(CSc1nc(N2CCc3ccccc3C2)nc2ccccc12)Nc1ccc2c(c1)OCO2. The van der Waals surface area contributed by atoms with Gasteiger partial charge in [0.05, 0.1) is 11.3 Å². The van der Waals surface area contributed by atoms with E-state index in [4.69, 9.17) is 19.4 Å². The summed E-state index contributed by atoms with van der Waals surface area (Å²) in [5, 5.41) is 4.68. The number of rotatable bonds is 5. The van der Waals surface area contributed by atoms with Crippen LogP contribution in [0.25, 0.3) is 10.9 Å². The molecule has 1 amide bonds. The van der Waals surface area contributed by atoms with Gasteiger partial charge in [0, 0.05) is 30.2 Å². The number of hydrogen-bond donors (Lipinski definition) is 1. The van der Waals surface area contributed by atoms with Crippen molar-refractivity contribution in [2.24, 2.45) is 0 Å². The van der Waals surface area contributed by atoms with Crippen LogP contribution < -0.4 is 19.7 Å². The molecule has 3 aromatic carbocycles. The summed E-state index contributed by atoms with van der Waals surface area (Å²) in [5.41, 5.74) is 4.25. The Morgan fingerprint density at radius 2 is 1.79 bits per heavy atom. The van der Waals surface area contributed by atoms with Crippen LogP contribution in [0.3, 0.4) is 0 Å². The summed E-state index contributed by atoms with van der Waals surface area (Å²) < 4.78 is 10.7. The molecular formula is C26H22N4O3S. The molecule has 0 saturated heterocycles. The second-order valence-corrected chi connectivity index (χ2v) is 9.16. The number of benzene rings is 3. The molecule has 7 nitrogen and oxygen atoms in total. The Labute approximate surface area is 201 Å². The number of hydrogen-bond acceptors (Lipinski definition) is 7. The Balaban J connectivity index is 1.21. The smallest absolute Gasteiger partial charge is 0.234 e. The maximum atomic E-state index is 12.7. The highest BCUT2D eigenvalue weighted by Crippen LogP contribution is 2.34. The first-order valence-electron chi connectivity index (χ1n) is 11.1. The minimum Gasteiger partial charge on any atom is -0.454 e. The van der Waals surface area contributed by atoms with E-state index >= 15 is 0 Å². The Morgan fingerprint density at radius 3 is 2.74 bits per heavy atom. The molecule has 34 heavy (non-hydrogen) atoms. The maximum absolute atomic E-state index is 12.7. The summed E-state index contributed by atoms with van der Waals surface area (Å²) in [6.07, 6.45) is 0.965. The molecule has 0 saturated carbocycles. The zero-order valence-electron chi connectivity index (χ0n) is 18.4. The molecule has 0 atom stereocenters. The summed E-state index contributed by atoms with van der Waals surface area (Å²) in [6, 6.07) is 21.8. The highest BCUT2D eigenvalue weighted by Gasteiger charge is 2.20. The predicted octanol–water partition coefficient (Wildman–Crippen LogP) is 4.65. The van der Waals surface area contributed by atoms with Crippen molar-refractivity contribution in [1.82, 2.24) is 9.97 Å². The van der Waals surface area contributed by atoms with Crippen molar-refractivity contribution in [3.05, 3.63) is 77.9 Å². The molecule has 1 aromatic heterocycles. The molecule has 2 aliphatic rings. The van der Waals surface area contributed by atoms with E-state index in [0.29, 0.717) is 23.1 Å². The van der Waals surface area contributed by atoms with Gasteiger partial charge in [-0.2, -0.15) is 0 Å². The van der Waals surface area contributed by atoms with Gasteiger partial charge in [-0.15, -0.1) is 0 Å². The molecule has 6 rings (SSSR count). The van der Waals surface area contributed by atoms with E-state index in [1.165, 1.54) is 22.9 Å². The average Bonchev–Trinajstić information content (AvgIpc) is 3.35. The number of anilines is 2. The monoisotopic (exact) mass is 470 g/mol. The van der Waals surface area contributed by atoms with Gasteiger partial charge in [0.25, 0.3) is 0 Å². The van der Waals surface area contributed by atoms with E-state index < -0.39 is 0 Å². The number of amides is 1. The van der Waals surface area contributed by atoms with Crippen molar-refractivity contribution in [2.75, 3.05) is 29.3 Å². The van der Waals surface area contributed by atoms with E-state index in [1.54, 1.807) is 12.1 Å². The maximum Gasteiger partial charge on any atom is 0.234 e. The number of para-hydroxylation sites is 1. The predicted molar refractivity (Wildman–Crippen MR) is 133 cm³/mol. The van der Waals surface area contributed by atoms with E-state index in [2.05, 4.69) is 34.5 Å². The van der Waals surface area contributed by atoms with Gasteiger partial charge in [-0.25, -0.2) is 9.97 Å². The first-order valence-corrected chi connectivity index (χ1v) is 12.1. The first kappa shape index (κ1) is 20.8. The quantitative estimate of drug-likeness (QED) is 0.336. The molecule has 8 heteroatoms. The Morgan fingerprint density at radius 1 is 0.971 bits per heavy atom. The number of ether oxygens (including phenoxy) is 2. The Bertz CT molecular complexity index is 1390. The minimum absolute atomic E-state index is 0.111. The molecule has 0 bridgehead atoms. The fourth-order valence-corrected chi connectivity index (χ4v) is 5.07. The molecule has 0 unspecified atom stereocenters. The normalized spacial score (nSPS) is 14.2. The number of nitrogens with zero attached hydrogens (tertiary/aromatic N) is 3. The van der Waals surface area contributed by atoms with Crippen molar-refractivity contribution < 1.29 is 14.3 Å². The summed E-state index contributed by atoms with van der Waals surface area (Å²) in [5.74, 6) is 2.15. The van der Waals surface area contributed by atoms with Gasteiger partial charge in [-0.3, -0.25) is 4.79 Å². The summed E-state index contributed by atoms with van der Waals surface area (Å²) in [6.45, 7) is 1.85. The van der Waals surface area contributed by atoms with Crippen molar-refractivity contribution in [3.8, 4) is 11.5 Å². The lowest BCUT2D eigenvalue weighted by atomic mass is 10.0. The van der Waals surface area contributed by atoms with Crippen LogP contribution in [-0.2, 0) is 17.8 Å². The lowest BCUT2D eigenvalue weighted by Gasteiger charge is -2.29. The van der Waals surface area contributed by atoms with E-state index in [1.807, 2.05) is 30.3 Å². The summed E-state index contributed by atoms with van der Waals surface area (Å²) in [7, 11) is 0. The van der Waals surface area contributed by atoms with Gasteiger partial charge in [0.1, 0.15) is 5.03 Å². The lowest BCUT2D eigenvalue weighted by molar-refractivity contribution is -0.113. The van der Waals surface area contributed by atoms with Crippen molar-refractivity contribution >= 4 is 40.2 Å². The molecule has 0 radical (unpaired) electrons. The van der Waals surface area contributed by atoms with E-state index in [-0.39, 0.29) is 18.5 Å². The van der Waals surface area contributed by atoms with Crippen LogP contribution in [-0.4, -0.2) is 35.0 Å². The van der Waals surface area contributed by atoms with Crippen LogP contribution >= 0.6 is 11.8 Å². The molecule has 0 aliphatic carbocycles. The molecule has 0 fully saturated rings. The molecule has 2 aliphatic heterocycles. The number of aromatic nitrogens is 2. The summed E-state index contributed by atoms with van der Waals surface area (Å²) in [4.78, 5) is 24.6. The fraction of sp³-hybridized carbons (Fsp3) is 0.192. The zero-order valence-corrected chi connectivity index (χ0v) is 19.2. The largest absolute Gasteiger partial charge is 0.454 e. The molecular weight excluding hydrogens is 448 g/mol. The Hall–Kier alpha value is -3.78. The minimum atomic E-state index is -0.111.